The molecule has 0 aliphatic carbocycles. The first-order valence-electron chi connectivity index (χ1n) is 5.70. The van der Waals surface area contributed by atoms with Crippen LogP contribution in [0.15, 0.2) is 18.2 Å². The number of benzene rings is 1. The van der Waals surface area contributed by atoms with E-state index in [9.17, 15) is 9.59 Å². The van der Waals surface area contributed by atoms with Crippen LogP contribution in [-0.4, -0.2) is 35.6 Å². The molecular formula is C13H14N2O4. The van der Waals surface area contributed by atoms with Crippen LogP contribution in [0.1, 0.15) is 16.1 Å². The molecule has 2 rings (SSSR count). The summed E-state index contributed by atoms with van der Waals surface area (Å²) in [6, 6.07) is 5.36. The number of carbonyl (C=O) groups excluding carboxylic acids is 1. The Morgan fingerprint density at radius 3 is 2.79 bits per heavy atom. The highest BCUT2D eigenvalue weighted by Gasteiger charge is 2.18. The van der Waals surface area contributed by atoms with Gasteiger partial charge in [-0.15, -0.1) is 0 Å². The molecule has 19 heavy (non-hydrogen) atoms. The van der Waals surface area contributed by atoms with Crippen molar-refractivity contribution in [1.29, 1.82) is 0 Å². The van der Waals surface area contributed by atoms with E-state index in [2.05, 4.69) is 10.3 Å². The molecule has 0 bridgehead atoms. The third-order valence-electron chi connectivity index (χ3n) is 2.83. The number of carboxylic acid groups (broad SMARTS) is 1. The van der Waals surface area contributed by atoms with E-state index in [4.69, 9.17) is 9.84 Å². The van der Waals surface area contributed by atoms with E-state index < -0.39 is 18.4 Å². The fourth-order valence-electron chi connectivity index (χ4n) is 2.03. The third kappa shape index (κ3) is 2.37. The lowest BCUT2D eigenvalue weighted by Gasteiger charge is -2.03. The summed E-state index contributed by atoms with van der Waals surface area (Å²) in [7, 11) is 1.55. The number of methoxy groups -OCH3 is 1. The highest BCUT2D eigenvalue weighted by molar-refractivity contribution is 6.09. The number of nitrogens with one attached hydrogen (secondary N) is 2. The van der Waals surface area contributed by atoms with E-state index >= 15 is 0 Å². The molecule has 0 atom stereocenters. The van der Waals surface area contributed by atoms with Gasteiger partial charge in [-0.25, -0.2) is 0 Å². The molecule has 0 aliphatic heterocycles. The van der Waals surface area contributed by atoms with Gasteiger partial charge in [-0.2, -0.15) is 0 Å². The van der Waals surface area contributed by atoms with E-state index in [1.54, 1.807) is 32.2 Å². The van der Waals surface area contributed by atoms with Gasteiger partial charge in [0.2, 0.25) is 0 Å². The molecule has 0 saturated heterocycles. The number of aryl methyl sites for hydroxylation is 1. The summed E-state index contributed by atoms with van der Waals surface area (Å²) in [6.07, 6.45) is 0. The first-order valence-corrected chi connectivity index (χ1v) is 5.70. The largest absolute Gasteiger partial charge is 0.495 e. The van der Waals surface area contributed by atoms with Crippen LogP contribution in [0.2, 0.25) is 0 Å². The topological polar surface area (TPSA) is 91.4 Å². The van der Waals surface area contributed by atoms with E-state index in [-0.39, 0.29) is 0 Å². The van der Waals surface area contributed by atoms with Crippen molar-refractivity contribution in [2.24, 2.45) is 0 Å². The molecule has 6 nitrogen and oxygen atoms in total. The van der Waals surface area contributed by atoms with Gasteiger partial charge in [-0.05, 0) is 13.0 Å². The summed E-state index contributed by atoms with van der Waals surface area (Å²) in [4.78, 5) is 25.6. The number of aromatic nitrogens is 1. The van der Waals surface area contributed by atoms with Crippen molar-refractivity contribution in [1.82, 2.24) is 10.3 Å². The molecule has 3 N–H and O–H groups in total. The Bertz CT molecular complexity index is 645. The highest BCUT2D eigenvalue weighted by atomic mass is 16.5. The van der Waals surface area contributed by atoms with Crippen molar-refractivity contribution in [2.75, 3.05) is 13.7 Å². The van der Waals surface area contributed by atoms with Crippen molar-refractivity contribution in [3.8, 4) is 5.75 Å². The average molecular weight is 262 g/mol. The number of carboxylic acids is 1. The normalized spacial score (nSPS) is 10.4. The maximum atomic E-state index is 12.0. The van der Waals surface area contributed by atoms with Crippen LogP contribution in [0.25, 0.3) is 10.9 Å². The molecule has 0 saturated carbocycles. The molecule has 0 aliphatic rings. The number of rotatable bonds is 4. The average Bonchev–Trinajstić information content (AvgIpc) is 2.71. The Labute approximate surface area is 109 Å². The molecule has 6 heteroatoms. The summed E-state index contributed by atoms with van der Waals surface area (Å²) in [6.45, 7) is 1.35. The van der Waals surface area contributed by atoms with E-state index in [1.807, 2.05) is 0 Å². The lowest BCUT2D eigenvalue weighted by Crippen LogP contribution is -2.29. The summed E-state index contributed by atoms with van der Waals surface area (Å²) in [5.41, 5.74) is 1.83. The Balaban J connectivity index is 2.46. The van der Waals surface area contributed by atoms with Gasteiger partial charge >= 0.3 is 5.97 Å². The molecule has 1 aromatic heterocycles. The third-order valence-corrected chi connectivity index (χ3v) is 2.83. The Hall–Kier alpha value is -2.50. The molecule has 1 amide bonds. The smallest absolute Gasteiger partial charge is 0.322 e. The van der Waals surface area contributed by atoms with Gasteiger partial charge in [-0.3, -0.25) is 9.59 Å². The fourth-order valence-corrected chi connectivity index (χ4v) is 2.03. The maximum absolute atomic E-state index is 12.0. The predicted molar refractivity (Wildman–Crippen MR) is 69.6 cm³/mol. The van der Waals surface area contributed by atoms with Gasteiger partial charge in [0.25, 0.3) is 5.91 Å². The summed E-state index contributed by atoms with van der Waals surface area (Å²) in [5.74, 6) is -0.860. The quantitative estimate of drug-likeness (QED) is 0.774. The monoisotopic (exact) mass is 262 g/mol. The van der Waals surface area contributed by atoms with Crippen molar-refractivity contribution < 1.29 is 19.4 Å². The fraction of sp³-hybridized carbons (Fsp3) is 0.231. The van der Waals surface area contributed by atoms with Crippen LogP contribution < -0.4 is 10.1 Å². The van der Waals surface area contributed by atoms with Crippen LogP contribution in [0, 0.1) is 6.92 Å². The molecular weight excluding hydrogens is 248 g/mol. The van der Waals surface area contributed by atoms with Crippen molar-refractivity contribution in [3.63, 3.8) is 0 Å². The van der Waals surface area contributed by atoms with Gasteiger partial charge < -0.3 is 20.1 Å². The highest BCUT2D eigenvalue weighted by Crippen LogP contribution is 2.29. The van der Waals surface area contributed by atoms with Crippen molar-refractivity contribution in [3.05, 3.63) is 29.5 Å². The van der Waals surface area contributed by atoms with Gasteiger partial charge in [-0.1, -0.05) is 12.1 Å². The lowest BCUT2D eigenvalue weighted by molar-refractivity contribution is -0.135. The molecule has 2 aromatic rings. The maximum Gasteiger partial charge on any atom is 0.322 e. The van der Waals surface area contributed by atoms with Crippen LogP contribution in [-0.2, 0) is 4.79 Å². The number of aliphatic carboxylic acids is 1. The van der Waals surface area contributed by atoms with Crippen molar-refractivity contribution in [2.45, 2.75) is 6.92 Å². The number of aromatic amines is 1. The number of hydrogen-bond acceptors (Lipinski definition) is 3. The SMILES string of the molecule is COc1cccc2c(C(=O)NCC(=O)O)c(C)[nH]c12. The second-order valence-electron chi connectivity index (χ2n) is 4.08. The summed E-state index contributed by atoms with van der Waals surface area (Å²) in [5, 5.41) is 11.6. The number of carbonyl (C=O) groups is 2. The first kappa shape index (κ1) is 12.9. The molecule has 0 fully saturated rings. The number of ether oxygens (including phenoxy) is 1. The molecule has 0 unspecified atom stereocenters. The second kappa shape index (κ2) is 5.01. The van der Waals surface area contributed by atoms with Crippen molar-refractivity contribution >= 4 is 22.8 Å². The van der Waals surface area contributed by atoms with Gasteiger partial charge in [0.1, 0.15) is 12.3 Å². The zero-order valence-electron chi connectivity index (χ0n) is 10.6. The molecule has 0 radical (unpaired) electrons. The second-order valence-corrected chi connectivity index (χ2v) is 4.08. The van der Waals surface area contributed by atoms with Crippen LogP contribution in [0.5, 0.6) is 5.75 Å². The first-order chi connectivity index (χ1) is 9.04. The van der Waals surface area contributed by atoms with Crippen LogP contribution in [0.4, 0.5) is 0 Å². The molecule has 1 heterocycles. The van der Waals surface area contributed by atoms with E-state index in [0.717, 1.165) is 5.52 Å². The number of hydrogen-bond donors (Lipinski definition) is 3. The zero-order valence-corrected chi connectivity index (χ0v) is 10.6. The lowest BCUT2D eigenvalue weighted by atomic mass is 10.1. The number of H-pyrrole nitrogens is 1. The van der Waals surface area contributed by atoms with Crippen LogP contribution >= 0.6 is 0 Å². The minimum atomic E-state index is -1.08. The summed E-state index contributed by atoms with van der Waals surface area (Å²) >= 11 is 0. The molecule has 1 aromatic carbocycles. The molecule has 100 valence electrons. The van der Waals surface area contributed by atoms with Gasteiger partial charge in [0.05, 0.1) is 18.2 Å². The number of amides is 1. The summed E-state index contributed by atoms with van der Waals surface area (Å²) < 4.78 is 5.22. The Kier molecular flexibility index (Phi) is 3.41. The zero-order chi connectivity index (χ0) is 14.0. The standard InChI is InChI=1S/C13H14N2O4/c1-7-11(13(18)14-6-10(16)17)8-4-3-5-9(19-2)12(8)15-7/h3-5,15H,6H2,1-2H3,(H,14,18)(H,16,17). The Morgan fingerprint density at radius 1 is 1.42 bits per heavy atom. The van der Waals surface area contributed by atoms with E-state index in [0.29, 0.717) is 22.4 Å². The minimum absolute atomic E-state index is 0.408. The number of fused-ring (bicyclic) bond motifs is 1. The minimum Gasteiger partial charge on any atom is -0.495 e. The van der Waals surface area contributed by atoms with Crippen LogP contribution in [0.3, 0.4) is 0 Å². The number of para-hydroxylation sites is 1. The van der Waals surface area contributed by atoms with Gasteiger partial charge in [0.15, 0.2) is 0 Å². The van der Waals surface area contributed by atoms with E-state index in [1.165, 1.54) is 0 Å². The molecule has 0 spiro atoms. The Morgan fingerprint density at radius 2 is 2.16 bits per heavy atom. The van der Waals surface area contributed by atoms with Gasteiger partial charge in [0, 0.05) is 11.1 Å². The predicted octanol–water partition coefficient (Wildman–Crippen LogP) is 1.30.